The van der Waals surface area contributed by atoms with Crippen LogP contribution in [-0.2, 0) is 14.3 Å². The molecule has 2 N–H and O–H groups in total. The Kier molecular flexibility index (Phi) is 6.12. The van der Waals surface area contributed by atoms with Gasteiger partial charge in [0.25, 0.3) is 0 Å². The van der Waals surface area contributed by atoms with E-state index in [2.05, 4.69) is 10.6 Å². The molecule has 0 saturated heterocycles. The number of carbonyl (C=O) groups is 2. The Labute approximate surface area is 109 Å². The summed E-state index contributed by atoms with van der Waals surface area (Å²) in [6, 6.07) is 0.00130. The van der Waals surface area contributed by atoms with Crippen molar-refractivity contribution < 1.29 is 14.3 Å². The summed E-state index contributed by atoms with van der Waals surface area (Å²) in [5.41, 5.74) is 0. The van der Waals surface area contributed by atoms with Gasteiger partial charge in [-0.3, -0.25) is 9.59 Å². The van der Waals surface area contributed by atoms with Crippen LogP contribution in [0.2, 0.25) is 0 Å². The van der Waals surface area contributed by atoms with E-state index in [1.165, 1.54) is 0 Å². The van der Waals surface area contributed by atoms with Gasteiger partial charge >= 0.3 is 5.97 Å². The summed E-state index contributed by atoms with van der Waals surface area (Å²) in [5.74, 6) is -0.141. The average Bonchev–Trinajstić information content (AvgIpc) is 2.38. The lowest BCUT2D eigenvalue weighted by Crippen LogP contribution is -2.47. The van der Waals surface area contributed by atoms with Crippen LogP contribution >= 0.6 is 0 Å². The Hall–Kier alpha value is -1.10. The molecule has 0 aromatic heterocycles. The van der Waals surface area contributed by atoms with Crippen LogP contribution in [0.15, 0.2) is 0 Å². The molecule has 104 valence electrons. The van der Waals surface area contributed by atoms with E-state index in [-0.39, 0.29) is 29.9 Å². The van der Waals surface area contributed by atoms with Gasteiger partial charge in [0.05, 0.1) is 18.6 Å². The molecule has 0 radical (unpaired) electrons. The molecule has 0 aliphatic heterocycles. The summed E-state index contributed by atoms with van der Waals surface area (Å²) in [4.78, 5) is 23.1. The number of carbonyl (C=O) groups excluding carboxylic acids is 2. The molecule has 1 saturated carbocycles. The van der Waals surface area contributed by atoms with Gasteiger partial charge in [-0.25, -0.2) is 0 Å². The van der Waals surface area contributed by atoms with Crippen LogP contribution in [-0.4, -0.2) is 37.6 Å². The molecule has 3 unspecified atom stereocenters. The standard InChI is InChI=1S/C13H24N2O3/c1-4-18-13(17)10-6-5-7-11(8-10)15-9(2)12(16)14-3/h9-11,15H,4-8H2,1-3H3,(H,14,16). The van der Waals surface area contributed by atoms with Crippen molar-refractivity contribution in [2.24, 2.45) is 5.92 Å². The van der Waals surface area contributed by atoms with Crippen LogP contribution in [0.1, 0.15) is 39.5 Å². The molecule has 1 amide bonds. The van der Waals surface area contributed by atoms with Crippen molar-refractivity contribution in [2.45, 2.75) is 51.6 Å². The van der Waals surface area contributed by atoms with Crippen molar-refractivity contribution in [1.82, 2.24) is 10.6 Å². The predicted octanol–water partition coefficient (Wildman–Crippen LogP) is 0.832. The maximum Gasteiger partial charge on any atom is 0.308 e. The molecule has 0 aromatic rings. The van der Waals surface area contributed by atoms with Crippen molar-refractivity contribution in [3.05, 3.63) is 0 Å². The lowest BCUT2D eigenvalue weighted by Gasteiger charge is -2.30. The smallest absolute Gasteiger partial charge is 0.308 e. The fraction of sp³-hybridized carbons (Fsp3) is 0.846. The van der Waals surface area contributed by atoms with E-state index in [9.17, 15) is 9.59 Å². The van der Waals surface area contributed by atoms with Crippen molar-refractivity contribution in [2.75, 3.05) is 13.7 Å². The summed E-state index contributed by atoms with van der Waals surface area (Å²) >= 11 is 0. The van der Waals surface area contributed by atoms with Crippen molar-refractivity contribution in [3.8, 4) is 0 Å². The Bertz CT molecular complexity index is 294. The lowest BCUT2D eigenvalue weighted by atomic mass is 9.85. The number of nitrogens with one attached hydrogen (secondary N) is 2. The van der Waals surface area contributed by atoms with Crippen LogP contribution < -0.4 is 10.6 Å². The summed E-state index contributed by atoms with van der Waals surface area (Å²) in [5, 5.41) is 5.89. The average molecular weight is 256 g/mol. The van der Waals surface area contributed by atoms with Crippen LogP contribution in [0.4, 0.5) is 0 Å². The summed E-state index contributed by atoms with van der Waals surface area (Å²) in [7, 11) is 1.63. The van der Waals surface area contributed by atoms with Gasteiger partial charge < -0.3 is 15.4 Å². The second-order valence-corrected chi connectivity index (χ2v) is 4.82. The molecule has 0 bridgehead atoms. The third-order valence-corrected chi connectivity index (χ3v) is 3.42. The van der Waals surface area contributed by atoms with Crippen molar-refractivity contribution in [1.29, 1.82) is 0 Å². The first-order valence-corrected chi connectivity index (χ1v) is 6.72. The molecule has 3 atom stereocenters. The van der Waals surface area contributed by atoms with E-state index < -0.39 is 0 Å². The van der Waals surface area contributed by atoms with Crippen molar-refractivity contribution in [3.63, 3.8) is 0 Å². The van der Waals surface area contributed by atoms with Gasteiger partial charge in [-0.2, -0.15) is 0 Å². The van der Waals surface area contributed by atoms with E-state index in [4.69, 9.17) is 4.74 Å². The topological polar surface area (TPSA) is 67.4 Å². The molecule has 0 spiro atoms. The maximum atomic E-state index is 11.7. The molecule has 0 aromatic carbocycles. The number of hydrogen-bond acceptors (Lipinski definition) is 4. The third kappa shape index (κ3) is 4.29. The van der Waals surface area contributed by atoms with E-state index in [0.29, 0.717) is 6.61 Å². The van der Waals surface area contributed by atoms with Gasteiger partial charge in [0.1, 0.15) is 0 Å². The molecular formula is C13H24N2O3. The minimum Gasteiger partial charge on any atom is -0.466 e. The zero-order valence-electron chi connectivity index (χ0n) is 11.5. The van der Waals surface area contributed by atoms with Crippen LogP contribution in [0.5, 0.6) is 0 Å². The number of ether oxygens (including phenoxy) is 1. The Morgan fingerprint density at radius 2 is 2.11 bits per heavy atom. The van der Waals surface area contributed by atoms with E-state index >= 15 is 0 Å². The second kappa shape index (κ2) is 7.36. The van der Waals surface area contributed by atoms with Crippen LogP contribution in [0.3, 0.4) is 0 Å². The SMILES string of the molecule is CCOC(=O)C1CCCC(NC(C)C(=O)NC)C1. The highest BCUT2D eigenvalue weighted by atomic mass is 16.5. The van der Waals surface area contributed by atoms with Gasteiger partial charge in [0.15, 0.2) is 0 Å². The quantitative estimate of drug-likeness (QED) is 0.715. The Balaban J connectivity index is 2.43. The molecular weight excluding hydrogens is 232 g/mol. The Morgan fingerprint density at radius 1 is 1.39 bits per heavy atom. The molecule has 1 aliphatic carbocycles. The molecule has 5 nitrogen and oxygen atoms in total. The molecule has 1 aliphatic rings. The monoisotopic (exact) mass is 256 g/mol. The van der Waals surface area contributed by atoms with E-state index in [1.807, 2.05) is 13.8 Å². The number of likely N-dealkylation sites (N-methyl/N-ethyl adjacent to an activating group) is 1. The minimum atomic E-state index is -0.221. The number of hydrogen-bond donors (Lipinski definition) is 2. The largest absolute Gasteiger partial charge is 0.466 e. The molecule has 0 heterocycles. The number of esters is 1. The second-order valence-electron chi connectivity index (χ2n) is 4.82. The number of amides is 1. The molecule has 1 rings (SSSR count). The normalized spacial score (nSPS) is 25.3. The van der Waals surface area contributed by atoms with E-state index in [0.717, 1.165) is 25.7 Å². The van der Waals surface area contributed by atoms with E-state index in [1.54, 1.807) is 7.05 Å². The first-order chi connectivity index (χ1) is 8.58. The zero-order chi connectivity index (χ0) is 13.5. The van der Waals surface area contributed by atoms with Gasteiger partial charge in [-0.15, -0.1) is 0 Å². The summed E-state index contributed by atoms with van der Waals surface area (Å²) < 4.78 is 5.06. The highest BCUT2D eigenvalue weighted by Crippen LogP contribution is 2.25. The fourth-order valence-corrected chi connectivity index (χ4v) is 2.46. The van der Waals surface area contributed by atoms with Gasteiger partial charge in [0, 0.05) is 13.1 Å². The number of rotatable bonds is 5. The van der Waals surface area contributed by atoms with Crippen LogP contribution in [0, 0.1) is 5.92 Å². The Morgan fingerprint density at radius 3 is 2.72 bits per heavy atom. The van der Waals surface area contributed by atoms with Crippen LogP contribution in [0.25, 0.3) is 0 Å². The van der Waals surface area contributed by atoms with Crippen molar-refractivity contribution >= 4 is 11.9 Å². The molecule has 5 heteroatoms. The highest BCUT2D eigenvalue weighted by molar-refractivity contribution is 5.81. The minimum absolute atomic E-state index is 0.0201. The predicted molar refractivity (Wildman–Crippen MR) is 69.0 cm³/mol. The lowest BCUT2D eigenvalue weighted by molar-refractivity contribution is -0.149. The summed E-state index contributed by atoms with van der Waals surface area (Å²) in [6.07, 6.45) is 3.67. The molecule has 18 heavy (non-hydrogen) atoms. The highest BCUT2D eigenvalue weighted by Gasteiger charge is 2.29. The first kappa shape index (κ1) is 15.0. The van der Waals surface area contributed by atoms with Gasteiger partial charge in [-0.05, 0) is 33.1 Å². The molecule has 1 fully saturated rings. The maximum absolute atomic E-state index is 11.7. The zero-order valence-corrected chi connectivity index (χ0v) is 11.5. The first-order valence-electron chi connectivity index (χ1n) is 6.72. The fourth-order valence-electron chi connectivity index (χ4n) is 2.46. The van der Waals surface area contributed by atoms with Gasteiger partial charge in [0.2, 0.25) is 5.91 Å². The van der Waals surface area contributed by atoms with Gasteiger partial charge in [-0.1, -0.05) is 6.42 Å². The third-order valence-electron chi connectivity index (χ3n) is 3.42. The summed E-state index contributed by atoms with van der Waals surface area (Å²) in [6.45, 7) is 4.10.